The van der Waals surface area contributed by atoms with Gasteiger partial charge in [-0.3, -0.25) is 4.98 Å². The Labute approximate surface area is 173 Å². The molecule has 1 aliphatic rings. The zero-order valence-corrected chi connectivity index (χ0v) is 16.1. The second kappa shape index (κ2) is 7.67. The van der Waals surface area contributed by atoms with E-state index < -0.39 is 23.8 Å². The van der Waals surface area contributed by atoms with Crippen LogP contribution in [0.4, 0.5) is 39.5 Å². The molecular formula is C19H16F5N7. The molecule has 4 rings (SSSR count). The van der Waals surface area contributed by atoms with Crippen LogP contribution in [0.2, 0.25) is 0 Å². The molecule has 3 aromatic heterocycles. The molecule has 0 saturated heterocycles. The van der Waals surface area contributed by atoms with Gasteiger partial charge < -0.3 is 10.6 Å². The fourth-order valence-electron chi connectivity index (χ4n) is 3.03. The average Bonchev–Trinajstić information content (AvgIpc) is 2.66. The number of anilines is 3. The minimum Gasteiger partial charge on any atom is -0.351 e. The van der Waals surface area contributed by atoms with Gasteiger partial charge in [-0.1, -0.05) is 6.07 Å². The highest BCUT2D eigenvalue weighted by atomic mass is 19.4. The number of hydrogen-bond acceptors (Lipinski definition) is 7. The van der Waals surface area contributed by atoms with Crippen molar-refractivity contribution in [2.75, 3.05) is 10.6 Å². The van der Waals surface area contributed by atoms with Gasteiger partial charge in [0.05, 0.1) is 0 Å². The Hall–Kier alpha value is -3.44. The summed E-state index contributed by atoms with van der Waals surface area (Å²) in [4.78, 5) is 20.1. The highest BCUT2D eigenvalue weighted by Gasteiger charge is 2.45. The van der Waals surface area contributed by atoms with Crippen molar-refractivity contribution in [2.45, 2.75) is 37.9 Å². The predicted octanol–water partition coefficient (Wildman–Crippen LogP) is 4.61. The average molecular weight is 437 g/mol. The first kappa shape index (κ1) is 20.8. The van der Waals surface area contributed by atoms with Gasteiger partial charge in [0, 0.05) is 36.5 Å². The lowest BCUT2D eigenvalue weighted by molar-refractivity contribution is -0.141. The SMILES string of the molecule is Cc1cc(Nc2nc(NC3CC(F)(F)C3)nc(-c3cccc(C(F)(F)F)n3)n2)ccn1. The summed E-state index contributed by atoms with van der Waals surface area (Å²) < 4.78 is 65.5. The van der Waals surface area contributed by atoms with Crippen molar-refractivity contribution >= 4 is 17.6 Å². The van der Waals surface area contributed by atoms with Crippen LogP contribution in [-0.2, 0) is 6.18 Å². The lowest BCUT2D eigenvalue weighted by Crippen LogP contribution is -2.44. The van der Waals surface area contributed by atoms with Gasteiger partial charge in [-0.25, -0.2) is 13.8 Å². The molecule has 1 fully saturated rings. The maximum atomic E-state index is 13.2. The number of hydrogen-bond donors (Lipinski definition) is 2. The second-order valence-electron chi connectivity index (χ2n) is 7.13. The molecular weight excluding hydrogens is 421 g/mol. The van der Waals surface area contributed by atoms with Gasteiger partial charge in [-0.15, -0.1) is 0 Å². The minimum absolute atomic E-state index is 0.0170. The summed E-state index contributed by atoms with van der Waals surface area (Å²) in [5.74, 6) is -2.92. The zero-order valence-electron chi connectivity index (χ0n) is 16.1. The molecule has 0 atom stereocenters. The van der Waals surface area contributed by atoms with E-state index in [1.807, 2.05) is 0 Å². The first-order valence-electron chi connectivity index (χ1n) is 9.22. The number of rotatable bonds is 5. The number of alkyl halides is 5. The quantitative estimate of drug-likeness (QED) is 0.564. The van der Waals surface area contributed by atoms with Crippen molar-refractivity contribution in [1.29, 1.82) is 0 Å². The molecule has 12 heteroatoms. The second-order valence-corrected chi connectivity index (χ2v) is 7.13. The molecule has 0 unspecified atom stereocenters. The van der Waals surface area contributed by atoms with E-state index in [0.29, 0.717) is 11.4 Å². The molecule has 0 spiro atoms. The van der Waals surface area contributed by atoms with E-state index >= 15 is 0 Å². The Kier molecular flexibility index (Phi) is 5.15. The zero-order chi connectivity index (χ0) is 22.2. The van der Waals surface area contributed by atoms with Gasteiger partial charge in [-0.2, -0.15) is 28.1 Å². The topological polar surface area (TPSA) is 88.5 Å². The maximum absolute atomic E-state index is 13.2. The molecule has 0 aliphatic heterocycles. The van der Waals surface area contributed by atoms with Gasteiger partial charge in [0.1, 0.15) is 11.4 Å². The molecule has 0 aromatic carbocycles. The Balaban J connectivity index is 1.69. The normalized spacial score (nSPS) is 15.9. The van der Waals surface area contributed by atoms with Crippen LogP contribution in [0, 0.1) is 6.92 Å². The van der Waals surface area contributed by atoms with Crippen LogP contribution in [0.1, 0.15) is 24.2 Å². The van der Waals surface area contributed by atoms with Crippen LogP contribution >= 0.6 is 0 Å². The summed E-state index contributed by atoms with van der Waals surface area (Å²) in [5.41, 5.74) is 0.0719. The number of halogens is 5. The van der Waals surface area contributed by atoms with E-state index in [1.165, 1.54) is 12.1 Å². The Morgan fingerprint density at radius 3 is 2.42 bits per heavy atom. The summed E-state index contributed by atoms with van der Waals surface area (Å²) in [6.45, 7) is 1.78. The van der Waals surface area contributed by atoms with Crippen LogP contribution in [0.25, 0.3) is 11.5 Å². The largest absolute Gasteiger partial charge is 0.433 e. The molecule has 3 heterocycles. The lowest BCUT2D eigenvalue weighted by atomic mass is 9.88. The van der Waals surface area contributed by atoms with Gasteiger partial charge in [0.25, 0.3) is 5.92 Å². The monoisotopic (exact) mass is 437 g/mol. The molecule has 0 amide bonds. The van der Waals surface area contributed by atoms with E-state index in [2.05, 4.69) is 35.6 Å². The van der Waals surface area contributed by atoms with Crippen molar-refractivity contribution in [3.8, 4) is 11.5 Å². The molecule has 7 nitrogen and oxygen atoms in total. The van der Waals surface area contributed by atoms with Crippen LogP contribution in [0.3, 0.4) is 0 Å². The van der Waals surface area contributed by atoms with Crippen molar-refractivity contribution < 1.29 is 22.0 Å². The first-order chi connectivity index (χ1) is 14.6. The van der Waals surface area contributed by atoms with E-state index in [1.54, 1.807) is 25.3 Å². The molecule has 1 saturated carbocycles. The Morgan fingerprint density at radius 1 is 1.00 bits per heavy atom. The summed E-state index contributed by atoms with van der Waals surface area (Å²) in [6.07, 6.45) is -3.86. The molecule has 162 valence electrons. The number of aryl methyl sites for hydroxylation is 1. The highest BCUT2D eigenvalue weighted by Crippen LogP contribution is 2.39. The standard InChI is InChI=1S/C19H16F5N7/c1-10-7-11(5-6-25-10)26-16-29-15(13-3-2-4-14(28-13)19(22,23)24)30-17(31-16)27-12-8-18(20,21)9-12/h2-7,12H,8-9H2,1H3,(H2,25,26,27,29,30,31). The summed E-state index contributed by atoms with van der Waals surface area (Å²) >= 11 is 0. The molecule has 3 aromatic rings. The van der Waals surface area contributed by atoms with Crippen LogP contribution < -0.4 is 10.6 Å². The number of nitrogens with one attached hydrogen (secondary N) is 2. The molecule has 2 N–H and O–H groups in total. The van der Waals surface area contributed by atoms with Crippen LogP contribution in [0.5, 0.6) is 0 Å². The van der Waals surface area contributed by atoms with Crippen molar-refractivity contribution in [3.05, 3.63) is 47.9 Å². The molecule has 0 radical (unpaired) electrons. The van der Waals surface area contributed by atoms with Crippen LogP contribution in [0.15, 0.2) is 36.5 Å². The van der Waals surface area contributed by atoms with Gasteiger partial charge in [0.15, 0.2) is 5.82 Å². The van der Waals surface area contributed by atoms with E-state index in [-0.39, 0.29) is 36.3 Å². The summed E-state index contributed by atoms with van der Waals surface area (Å²) in [7, 11) is 0. The number of aromatic nitrogens is 5. The smallest absolute Gasteiger partial charge is 0.351 e. The third-order valence-electron chi connectivity index (χ3n) is 4.48. The fourth-order valence-corrected chi connectivity index (χ4v) is 3.03. The lowest BCUT2D eigenvalue weighted by Gasteiger charge is -2.35. The molecule has 31 heavy (non-hydrogen) atoms. The Bertz CT molecular complexity index is 1090. The Morgan fingerprint density at radius 2 is 1.74 bits per heavy atom. The fraction of sp³-hybridized carbons (Fsp3) is 0.316. The molecule has 0 bridgehead atoms. The van der Waals surface area contributed by atoms with E-state index in [0.717, 1.165) is 6.07 Å². The van der Waals surface area contributed by atoms with E-state index in [9.17, 15) is 22.0 Å². The number of nitrogens with zero attached hydrogens (tertiary/aromatic N) is 5. The minimum atomic E-state index is -4.64. The predicted molar refractivity (Wildman–Crippen MR) is 102 cm³/mol. The maximum Gasteiger partial charge on any atom is 0.433 e. The molecule has 1 aliphatic carbocycles. The van der Waals surface area contributed by atoms with Gasteiger partial charge in [-0.05, 0) is 31.2 Å². The van der Waals surface area contributed by atoms with Crippen molar-refractivity contribution in [2.24, 2.45) is 0 Å². The summed E-state index contributed by atoms with van der Waals surface area (Å²) in [6, 6.07) is 6.15. The van der Waals surface area contributed by atoms with Crippen LogP contribution in [-0.4, -0.2) is 36.9 Å². The summed E-state index contributed by atoms with van der Waals surface area (Å²) in [5, 5.41) is 5.71. The van der Waals surface area contributed by atoms with Crippen molar-refractivity contribution in [1.82, 2.24) is 24.9 Å². The van der Waals surface area contributed by atoms with Gasteiger partial charge in [0.2, 0.25) is 11.9 Å². The van der Waals surface area contributed by atoms with Crippen molar-refractivity contribution in [3.63, 3.8) is 0 Å². The first-order valence-corrected chi connectivity index (χ1v) is 9.22. The highest BCUT2D eigenvalue weighted by molar-refractivity contribution is 5.59. The number of pyridine rings is 2. The van der Waals surface area contributed by atoms with Gasteiger partial charge >= 0.3 is 6.18 Å². The third-order valence-corrected chi connectivity index (χ3v) is 4.48. The van der Waals surface area contributed by atoms with E-state index in [4.69, 9.17) is 0 Å². The third kappa shape index (κ3) is 5.01.